The lowest BCUT2D eigenvalue weighted by Crippen LogP contribution is -2.40. The first kappa shape index (κ1) is 19.7. The predicted octanol–water partition coefficient (Wildman–Crippen LogP) is 3.02. The molecular weight excluding hydrogens is 358 g/mol. The molecular formula is C20H27N5O3. The summed E-state index contributed by atoms with van der Waals surface area (Å²) < 4.78 is 5.45. The molecule has 0 atom stereocenters. The van der Waals surface area contributed by atoms with Crippen LogP contribution in [0.3, 0.4) is 0 Å². The molecule has 1 aliphatic heterocycles. The van der Waals surface area contributed by atoms with Gasteiger partial charge in [-0.1, -0.05) is 0 Å². The number of fused-ring (bicyclic) bond motifs is 1. The maximum atomic E-state index is 12.6. The molecule has 0 radical (unpaired) electrons. The molecule has 0 saturated carbocycles. The highest BCUT2D eigenvalue weighted by Crippen LogP contribution is 2.26. The molecule has 0 bridgehead atoms. The van der Waals surface area contributed by atoms with Crippen molar-refractivity contribution in [2.24, 2.45) is 0 Å². The van der Waals surface area contributed by atoms with Crippen LogP contribution in [0.5, 0.6) is 0 Å². The van der Waals surface area contributed by atoms with Gasteiger partial charge in [0.15, 0.2) is 5.82 Å². The van der Waals surface area contributed by atoms with E-state index >= 15 is 0 Å². The number of rotatable bonds is 3. The summed E-state index contributed by atoms with van der Waals surface area (Å²) in [6.45, 7) is 6.40. The van der Waals surface area contributed by atoms with E-state index in [1.807, 2.05) is 51.9 Å². The Balaban J connectivity index is 1.71. The average Bonchev–Trinajstić information content (AvgIpc) is 3.02. The van der Waals surface area contributed by atoms with Crippen molar-refractivity contribution in [1.82, 2.24) is 15.1 Å². The van der Waals surface area contributed by atoms with E-state index in [4.69, 9.17) is 4.74 Å². The number of aromatic amines is 1. The second kappa shape index (κ2) is 7.53. The van der Waals surface area contributed by atoms with E-state index in [9.17, 15) is 9.59 Å². The van der Waals surface area contributed by atoms with E-state index in [0.29, 0.717) is 30.9 Å². The Labute approximate surface area is 164 Å². The summed E-state index contributed by atoms with van der Waals surface area (Å²) in [4.78, 5) is 28.6. The highest BCUT2D eigenvalue weighted by Gasteiger charge is 2.29. The Morgan fingerprint density at radius 1 is 1.21 bits per heavy atom. The fourth-order valence-electron chi connectivity index (χ4n) is 2.97. The topological polar surface area (TPSA) is 90.6 Å². The molecule has 1 aromatic heterocycles. The van der Waals surface area contributed by atoms with E-state index in [2.05, 4.69) is 15.5 Å². The van der Waals surface area contributed by atoms with Crippen molar-refractivity contribution < 1.29 is 14.3 Å². The summed E-state index contributed by atoms with van der Waals surface area (Å²) in [6, 6.07) is 7.33. The van der Waals surface area contributed by atoms with Crippen molar-refractivity contribution >= 4 is 23.5 Å². The molecule has 1 aliphatic rings. The number of carbonyl (C=O) groups is 2. The van der Waals surface area contributed by atoms with Crippen LogP contribution in [0.25, 0.3) is 0 Å². The molecule has 8 heteroatoms. The fraction of sp³-hybridized carbons (Fsp3) is 0.450. The highest BCUT2D eigenvalue weighted by atomic mass is 16.6. The Morgan fingerprint density at radius 2 is 1.89 bits per heavy atom. The minimum atomic E-state index is -0.552. The van der Waals surface area contributed by atoms with Gasteiger partial charge in [-0.15, -0.1) is 0 Å². The summed E-state index contributed by atoms with van der Waals surface area (Å²) in [7, 11) is 3.89. The van der Waals surface area contributed by atoms with Gasteiger partial charge in [0.25, 0.3) is 5.91 Å². The van der Waals surface area contributed by atoms with Gasteiger partial charge in [-0.2, -0.15) is 5.10 Å². The van der Waals surface area contributed by atoms with Crippen LogP contribution in [0.2, 0.25) is 0 Å². The summed E-state index contributed by atoms with van der Waals surface area (Å²) in [5, 5.41) is 10.0. The lowest BCUT2D eigenvalue weighted by atomic mass is 10.1. The Bertz CT molecular complexity index is 865. The third-order valence-electron chi connectivity index (χ3n) is 4.46. The van der Waals surface area contributed by atoms with Crippen molar-refractivity contribution in [3.05, 3.63) is 41.1 Å². The number of H-pyrrole nitrogens is 1. The van der Waals surface area contributed by atoms with Crippen LogP contribution in [-0.2, 0) is 17.7 Å². The minimum Gasteiger partial charge on any atom is -0.444 e. The number of ether oxygens (including phenoxy) is 1. The molecule has 28 heavy (non-hydrogen) atoms. The van der Waals surface area contributed by atoms with Crippen molar-refractivity contribution in [3.8, 4) is 0 Å². The Hall–Kier alpha value is -3.03. The zero-order valence-corrected chi connectivity index (χ0v) is 17.0. The molecule has 2 N–H and O–H groups in total. The Kier molecular flexibility index (Phi) is 5.31. The number of benzene rings is 1. The van der Waals surface area contributed by atoms with Crippen LogP contribution >= 0.6 is 0 Å². The van der Waals surface area contributed by atoms with E-state index in [0.717, 1.165) is 16.9 Å². The van der Waals surface area contributed by atoms with Crippen LogP contribution in [0.4, 0.5) is 16.3 Å². The third kappa shape index (κ3) is 4.44. The van der Waals surface area contributed by atoms with Crippen molar-refractivity contribution in [1.29, 1.82) is 0 Å². The molecule has 0 aliphatic carbocycles. The number of nitrogens with zero attached hydrogens (tertiary/aromatic N) is 3. The molecule has 8 nitrogen and oxygen atoms in total. The van der Waals surface area contributed by atoms with E-state index < -0.39 is 5.60 Å². The number of anilines is 2. The molecule has 2 aromatic rings. The second-order valence-corrected chi connectivity index (χ2v) is 8.08. The Morgan fingerprint density at radius 3 is 2.50 bits per heavy atom. The number of aromatic nitrogens is 2. The lowest BCUT2D eigenvalue weighted by molar-refractivity contribution is 0.0224. The molecule has 0 unspecified atom stereocenters. The maximum absolute atomic E-state index is 12.6. The van der Waals surface area contributed by atoms with E-state index in [-0.39, 0.29) is 12.0 Å². The molecule has 2 amide bonds. The monoisotopic (exact) mass is 385 g/mol. The number of hydrogen-bond donors (Lipinski definition) is 2. The fourth-order valence-corrected chi connectivity index (χ4v) is 2.97. The van der Waals surface area contributed by atoms with Crippen LogP contribution in [0.1, 0.15) is 42.4 Å². The van der Waals surface area contributed by atoms with Gasteiger partial charge in [0.2, 0.25) is 0 Å². The molecule has 150 valence electrons. The zero-order valence-electron chi connectivity index (χ0n) is 17.0. The third-order valence-corrected chi connectivity index (χ3v) is 4.46. The second-order valence-electron chi connectivity index (χ2n) is 8.08. The van der Waals surface area contributed by atoms with Gasteiger partial charge < -0.3 is 19.9 Å². The summed E-state index contributed by atoms with van der Waals surface area (Å²) in [5.74, 6) is 0.207. The first-order valence-electron chi connectivity index (χ1n) is 9.27. The van der Waals surface area contributed by atoms with Crippen LogP contribution in [0.15, 0.2) is 24.3 Å². The summed E-state index contributed by atoms with van der Waals surface area (Å²) in [5.41, 5.74) is 2.75. The maximum Gasteiger partial charge on any atom is 0.410 e. The van der Waals surface area contributed by atoms with Gasteiger partial charge in [-0.05, 0) is 45.0 Å². The standard InChI is InChI=1S/C20H27N5O3/c1-20(2,3)28-19(27)25-11-10-16-15(12-25)17(23-22-16)21-18(26)13-6-8-14(9-7-13)24(4)5/h6-9H,10-12H2,1-5H3,(H2,21,22,23,26). The lowest BCUT2D eigenvalue weighted by Gasteiger charge is -2.30. The van der Waals surface area contributed by atoms with Crippen molar-refractivity contribution in [2.45, 2.75) is 39.3 Å². The van der Waals surface area contributed by atoms with Crippen LogP contribution in [-0.4, -0.2) is 53.3 Å². The van der Waals surface area contributed by atoms with Gasteiger partial charge in [-0.25, -0.2) is 4.79 Å². The quantitative estimate of drug-likeness (QED) is 0.848. The van der Waals surface area contributed by atoms with E-state index in [1.165, 1.54) is 0 Å². The van der Waals surface area contributed by atoms with Gasteiger partial charge in [0.1, 0.15) is 5.60 Å². The van der Waals surface area contributed by atoms with Crippen molar-refractivity contribution in [3.63, 3.8) is 0 Å². The van der Waals surface area contributed by atoms with Gasteiger partial charge in [-0.3, -0.25) is 9.89 Å². The number of nitrogens with one attached hydrogen (secondary N) is 2. The molecule has 1 aromatic carbocycles. The summed E-state index contributed by atoms with van der Waals surface area (Å²) in [6.07, 6.45) is 0.269. The van der Waals surface area contributed by atoms with Gasteiger partial charge in [0, 0.05) is 49.6 Å². The first-order valence-corrected chi connectivity index (χ1v) is 9.27. The van der Waals surface area contributed by atoms with Crippen molar-refractivity contribution in [2.75, 3.05) is 30.9 Å². The molecule has 2 heterocycles. The van der Waals surface area contributed by atoms with E-state index in [1.54, 1.807) is 17.0 Å². The average molecular weight is 385 g/mol. The largest absolute Gasteiger partial charge is 0.444 e. The number of hydrogen-bond acceptors (Lipinski definition) is 5. The molecule has 0 fully saturated rings. The highest BCUT2D eigenvalue weighted by molar-refractivity contribution is 6.04. The normalized spacial score (nSPS) is 13.7. The molecule has 0 saturated heterocycles. The number of carbonyl (C=O) groups excluding carboxylic acids is 2. The molecule has 0 spiro atoms. The minimum absolute atomic E-state index is 0.242. The van der Waals surface area contributed by atoms with Crippen LogP contribution < -0.4 is 10.2 Å². The first-order chi connectivity index (χ1) is 13.1. The molecule has 3 rings (SSSR count). The predicted molar refractivity (Wildman–Crippen MR) is 108 cm³/mol. The SMILES string of the molecule is CN(C)c1ccc(C(=O)Nc2n[nH]c3c2CN(C(=O)OC(C)(C)C)CC3)cc1. The van der Waals surface area contributed by atoms with Gasteiger partial charge >= 0.3 is 6.09 Å². The summed E-state index contributed by atoms with van der Waals surface area (Å²) >= 11 is 0. The van der Waals surface area contributed by atoms with Crippen LogP contribution in [0, 0.1) is 0 Å². The number of amides is 2. The zero-order chi connectivity index (χ0) is 20.5. The smallest absolute Gasteiger partial charge is 0.410 e. The van der Waals surface area contributed by atoms with Gasteiger partial charge in [0.05, 0.1) is 6.54 Å².